The second-order valence-electron chi connectivity index (χ2n) is 4.88. The highest BCUT2D eigenvalue weighted by atomic mass is 32.2. The van der Waals surface area contributed by atoms with Crippen molar-refractivity contribution in [2.45, 2.75) is 13.0 Å². The number of rotatable bonds is 5. The molecule has 1 aliphatic heterocycles. The van der Waals surface area contributed by atoms with Gasteiger partial charge in [0.05, 0.1) is 13.7 Å². The summed E-state index contributed by atoms with van der Waals surface area (Å²) in [5, 5.41) is 0. The first-order valence-electron chi connectivity index (χ1n) is 7.13. The van der Waals surface area contributed by atoms with Crippen molar-refractivity contribution < 1.29 is 9.47 Å². The molecule has 0 saturated carbocycles. The van der Waals surface area contributed by atoms with Crippen LogP contribution in [-0.4, -0.2) is 55.2 Å². The molecule has 5 nitrogen and oxygen atoms in total. The highest BCUT2D eigenvalue weighted by molar-refractivity contribution is 7.99. The Morgan fingerprint density at radius 1 is 1.33 bits per heavy atom. The molecule has 6 heteroatoms. The number of hydrogen-bond donors (Lipinski definition) is 1. The molecule has 1 aliphatic rings. The Balaban J connectivity index is 1.87. The minimum atomic E-state index is -0.0565. The summed E-state index contributed by atoms with van der Waals surface area (Å²) >= 11 is 1.96. The van der Waals surface area contributed by atoms with E-state index < -0.39 is 0 Å². The highest BCUT2D eigenvalue weighted by Crippen LogP contribution is 2.26. The zero-order valence-electron chi connectivity index (χ0n) is 12.6. The molecule has 1 aromatic rings. The lowest BCUT2D eigenvalue weighted by Gasteiger charge is -2.27. The fourth-order valence-electron chi connectivity index (χ4n) is 2.08. The van der Waals surface area contributed by atoms with Gasteiger partial charge in [-0.3, -0.25) is 0 Å². The monoisotopic (exact) mass is 309 g/mol. The van der Waals surface area contributed by atoms with Crippen molar-refractivity contribution in [1.29, 1.82) is 0 Å². The molecule has 0 amide bonds. The average molecular weight is 309 g/mol. The number of aliphatic imine (C=N–C) groups is 1. The van der Waals surface area contributed by atoms with Gasteiger partial charge in [-0.1, -0.05) is 12.1 Å². The molecule has 1 heterocycles. The molecule has 0 spiro atoms. The molecule has 1 aromatic carbocycles. The molecule has 2 rings (SSSR count). The van der Waals surface area contributed by atoms with Crippen LogP contribution in [0.15, 0.2) is 29.3 Å². The number of guanidine groups is 1. The summed E-state index contributed by atoms with van der Waals surface area (Å²) in [6, 6.07) is 7.61. The number of nitrogens with zero attached hydrogens (tertiary/aromatic N) is 2. The number of nitrogens with two attached hydrogens (primary N) is 1. The zero-order valence-corrected chi connectivity index (χ0v) is 13.4. The third-order valence-electron chi connectivity index (χ3n) is 3.24. The van der Waals surface area contributed by atoms with Crippen LogP contribution in [-0.2, 0) is 0 Å². The van der Waals surface area contributed by atoms with E-state index in [0.717, 1.165) is 36.1 Å². The van der Waals surface area contributed by atoms with Gasteiger partial charge in [0.1, 0.15) is 6.10 Å². The topological polar surface area (TPSA) is 60.1 Å². The maximum absolute atomic E-state index is 6.03. The minimum Gasteiger partial charge on any atom is -0.493 e. The van der Waals surface area contributed by atoms with Crippen LogP contribution in [0.4, 0.5) is 0 Å². The van der Waals surface area contributed by atoms with E-state index in [9.17, 15) is 0 Å². The Bertz CT molecular complexity index is 476. The summed E-state index contributed by atoms with van der Waals surface area (Å²) < 4.78 is 11.1. The third-order valence-corrected chi connectivity index (χ3v) is 4.19. The molecular formula is C15H23N3O2S. The van der Waals surface area contributed by atoms with Gasteiger partial charge in [-0.05, 0) is 19.1 Å². The van der Waals surface area contributed by atoms with E-state index in [1.807, 2.05) is 43.0 Å². The maximum Gasteiger partial charge on any atom is 0.191 e. The standard InChI is InChI=1S/C15H23N3O2S/c1-12(20-14-6-4-3-5-13(14)19-2)11-17-15(16)18-7-9-21-10-8-18/h3-6,12H,7-11H2,1-2H3,(H2,16,17). The summed E-state index contributed by atoms with van der Waals surface area (Å²) in [4.78, 5) is 6.58. The van der Waals surface area contributed by atoms with Crippen molar-refractivity contribution >= 4 is 17.7 Å². The van der Waals surface area contributed by atoms with Crippen LogP contribution in [0.3, 0.4) is 0 Å². The number of thioether (sulfide) groups is 1. The van der Waals surface area contributed by atoms with E-state index in [0.29, 0.717) is 12.5 Å². The number of methoxy groups -OCH3 is 1. The molecule has 1 unspecified atom stereocenters. The Morgan fingerprint density at radius 3 is 2.67 bits per heavy atom. The lowest BCUT2D eigenvalue weighted by Crippen LogP contribution is -2.43. The van der Waals surface area contributed by atoms with Gasteiger partial charge in [-0.2, -0.15) is 11.8 Å². The SMILES string of the molecule is COc1ccccc1OC(C)CN=C(N)N1CCSCC1. The van der Waals surface area contributed by atoms with Crippen LogP contribution < -0.4 is 15.2 Å². The maximum atomic E-state index is 6.03. The Labute approximate surface area is 130 Å². The van der Waals surface area contributed by atoms with E-state index in [-0.39, 0.29) is 6.10 Å². The normalized spacial score (nSPS) is 17.4. The Morgan fingerprint density at radius 2 is 2.00 bits per heavy atom. The Hall–Kier alpha value is -1.56. The molecule has 2 N–H and O–H groups in total. The highest BCUT2D eigenvalue weighted by Gasteiger charge is 2.13. The molecule has 21 heavy (non-hydrogen) atoms. The summed E-state index contributed by atoms with van der Waals surface area (Å²) in [7, 11) is 1.64. The third kappa shape index (κ3) is 4.74. The first-order valence-corrected chi connectivity index (χ1v) is 8.28. The van der Waals surface area contributed by atoms with E-state index in [1.54, 1.807) is 7.11 Å². The molecule has 1 atom stereocenters. The van der Waals surface area contributed by atoms with Gasteiger partial charge in [-0.25, -0.2) is 4.99 Å². The van der Waals surface area contributed by atoms with Crippen LogP contribution in [0, 0.1) is 0 Å². The van der Waals surface area contributed by atoms with Gasteiger partial charge in [-0.15, -0.1) is 0 Å². The van der Waals surface area contributed by atoms with Crippen molar-refractivity contribution in [3.8, 4) is 11.5 Å². The molecule has 0 aromatic heterocycles. The van der Waals surface area contributed by atoms with Gasteiger partial charge in [0, 0.05) is 24.6 Å². The van der Waals surface area contributed by atoms with E-state index >= 15 is 0 Å². The van der Waals surface area contributed by atoms with Gasteiger partial charge in [0.25, 0.3) is 0 Å². The number of para-hydroxylation sites is 2. The molecule has 0 bridgehead atoms. The van der Waals surface area contributed by atoms with Crippen LogP contribution in [0.5, 0.6) is 11.5 Å². The largest absolute Gasteiger partial charge is 0.493 e. The van der Waals surface area contributed by atoms with Crippen molar-refractivity contribution in [2.75, 3.05) is 38.2 Å². The van der Waals surface area contributed by atoms with Crippen LogP contribution >= 0.6 is 11.8 Å². The van der Waals surface area contributed by atoms with Crippen molar-refractivity contribution in [3.05, 3.63) is 24.3 Å². The lowest BCUT2D eigenvalue weighted by atomic mass is 10.3. The van der Waals surface area contributed by atoms with E-state index in [1.165, 1.54) is 0 Å². The predicted molar refractivity (Wildman–Crippen MR) is 88.5 cm³/mol. The van der Waals surface area contributed by atoms with Crippen LogP contribution in [0.25, 0.3) is 0 Å². The molecule has 1 saturated heterocycles. The minimum absolute atomic E-state index is 0.0565. The summed E-state index contributed by atoms with van der Waals surface area (Å²) in [6.07, 6.45) is -0.0565. The average Bonchev–Trinajstić information content (AvgIpc) is 2.54. The molecule has 0 radical (unpaired) electrons. The molecule has 0 aliphatic carbocycles. The molecule has 116 valence electrons. The fraction of sp³-hybridized carbons (Fsp3) is 0.533. The summed E-state index contributed by atoms with van der Waals surface area (Å²) in [5.41, 5.74) is 6.03. The number of benzene rings is 1. The smallest absolute Gasteiger partial charge is 0.191 e. The first kappa shape index (κ1) is 15.8. The summed E-state index contributed by atoms with van der Waals surface area (Å²) in [5.74, 6) is 4.31. The lowest BCUT2D eigenvalue weighted by molar-refractivity contribution is 0.219. The molecular weight excluding hydrogens is 286 g/mol. The fourth-order valence-corrected chi connectivity index (χ4v) is 2.99. The van der Waals surface area contributed by atoms with Crippen molar-refractivity contribution in [3.63, 3.8) is 0 Å². The second kappa shape index (κ2) is 8.02. The van der Waals surface area contributed by atoms with Crippen LogP contribution in [0.2, 0.25) is 0 Å². The Kier molecular flexibility index (Phi) is 6.04. The predicted octanol–water partition coefficient (Wildman–Crippen LogP) is 1.83. The molecule has 1 fully saturated rings. The van der Waals surface area contributed by atoms with Gasteiger partial charge in [0.2, 0.25) is 0 Å². The van der Waals surface area contributed by atoms with Crippen LogP contribution in [0.1, 0.15) is 6.92 Å². The quantitative estimate of drug-likeness (QED) is 0.664. The van der Waals surface area contributed by atoms with E-state index in [4.69, 9.17) is 15.2 Å². The summed E-state index contributed by atoms with van der Waals surface area (Å²) in [6.45, 7) is 4.46. The first-order chi connectivity index (χ1) is 10.2. The van der Waals surface area contributed by atoms with Gasteiger partial charge in [0.15, 0.2) is 17.5 Å². The zero-order chi connectivity index (χ0) is 15.1. The van der Waals surface area contributed by atoms with Gasteiger partial charge < -0.3 is 20.1 Å². The number of hydrogen-bond acceptors (Lipinski definition) is 4. The van der Waals surface area contributed by atoms with Crippen molar-refractivity contribution in [2.24, 2.45) is 10.7 Å². The van der Waals surface area contributed by atoms with E-state index in [2.05, 4.69) is 9.89 Å². The van der Waals surface area contributed by atoms with Gasteiger partial charge >= 0.3 is 0 Å². The number of ether oxygens (including phenoxy) is 2. The second-order valence-corrected chi connectivity index (χ2v) is 6.10. The van der Waals surface area contributed by atoms with Crippen molar-refractivity contribution in [1.82, 2.24) is 4.90 Å².